The molecule has 21 heavy (non-hydrogen) atoms. The fraction of sp³-hybridized carbons (Fsp3) is 0.923. The molecular formula is C13H24F3N3O2. The lowest BCUT2D eigenvalue weighted by molar-refractivity contribution is -0.127. The Labute approximate surface area is 122 Å². The van der Waals surface area contributed by atoms with E-state index < -0.39 is 12.7 Å². The quantitative estimate of drug-likeness (QED) is 0.635. The number of hydrogen-bond donors (Lipinski definition) is 3. The van der Waals surface area contributed by atoms with Gasteiger partial charge in [-0.2, -0.15) is 13.2 Å². The largest absolute Gasteiger partial charge is 0.401 e. The third-order valence-corrected chi connectivity index (χ3v) is 3.54. The molecule has 0 saturated carbocycles. The SMILES string of the molecule is CC(=O)NCCN1CC(CCO)CC(NCC(F)(F)F)C1. The molecule has 5 nitrogen and oxygen atoms in total. The molecule has 0 aromatic heterocycles. The number of aliphatic hydroxyl groups is 1. The van der Waals surface area contributed by atoms with Gasteiger partial charge in [0.2, 0.25) is 5.91 Å². The molecule has 0 bridgehead atoms. The van der Waals surface area contributed by atoms with Gasteiger partial charge in [-0.1, -0.05) is 0 Å². The molecule has 2 unspecified atom stereocenters. The van der Waals surface area contributed by atoms with Crippen molar-refractivity contribution in [3.8, 4) is 0 Å². The zero-order valence-electron chi connectivity index (χ0n) is 12.2. The van der Waals surface area contributed by atoms with Crippen LogP contribution in [0.1, 0.15) is 19.8 Å². The molecular weight excluding hydrogens is 287 g/mol. The van der Waals surface area contributed by atoms with Gasteiger partial charge in [-0.05, 0) is 18.8 Å². The molecule has 124 valence electrons. The molecule has 0 aromatic carbocycles. The number of likely N-dealkylation sites (tertiary alicyclic amines) is 1. The van der Waals surface area contributed by atoms with Gasteiger partial charge in [0.25, 0.3) is 0 Å². The van der Waals surface area contributed by atoms with Gasteiger partial charge in [-0.25, -0.2) is 0 Å². The number of nitrogens with one attached hydrogen (secondary N) is 2. The van der Waals surface area contributed by atoms with E-state index >= 15 is 0 Å². The Morgan fingerprint density at radius 3 is 2.67 bits per heavy atom. The number of amides is 1. The van der Waals surface area contributed by atoms with Crippen molar-refractivity contribution in [2.24, 2.45) is 5.92 Å². The van der Waals surface area contributed by atoms with Crippen molar-refractivity contribution in [1.82, 2.24) is 15.5 Å². The molecule has 1 aliphatic heterocycles. The summed E-state index contributed by atoms with van der Waals surface area (Å²) in [4.78, 5) is 12.9. The van der Waals surface area contributed by atoms with Crippen LogP contribution in [0.15, 0.2) is 0 Å². The summed E-state index contributed by atoms with van der Waals surface area (Å²) in [6.07, 6.45) is -3.00. The highest BCUT2D eigenvalue weighted by Gasteiger charge is 2.31. The van der Waals surface area contributed by atoms with E-state index in [-0.39, 0.29) is 24.5 Å². The van der Waals surface area contributed by atoms with Crippen LogP contribution in [-0.4, -0.2) is 67.5 Å². The summed E-state index contributed by atoms with van der Waals surface area (Å²) >= 11 is 0. The minimum absolute atomic E-state index is 0.0379. The number of hydrogen-bond acceptors (Lipinski definition) is 4. The number of aliphatic hydroxyl groups excluding tert-OH is 1. The van der Waals surface area contributed by atoms with Crippen LogP contribution in [0, 0.1) is 5.92 Å². The molecule has 1 aliphatic rings. The molecule has 1 fully saturated rings. The Morgan fingerprint density at radius 2 is 2.10 bits per heavy atom. The summed E-state index contributed by atoms with van der Waals surface area (Å²) in [6, 6.07) is -0.241. The first-order chi connectivity index (χ1) is 9.80. The fourth-order valence-corrected chi connectivity index (χ4v) is 2.68. The third-order valence-electron chi connectivity index (χ3n) is 3.54. The predicted molar refractivity (Wildman–Crippen MR) is 72.8 cm³/mol. The van der Waals surface area contributed by atoms with Crippen molar-refractivity contribution in [1.29, 1.82) is 0 Å². The van der Waals surface area contributed by atoms with Gasteiger partial charge in [0.05, 0.1) is 6.54 Å². The van der Waals surface area contributed by atoms with Gasteiger partial charge in [0.1, 0.15) is 0 Å². The molecule has 1 saturated heterocycles. The van der Waals surface area contributed by atoms with E-state index in [0.29, 0.717) is 32.5 Å². The highest BCUT2D eigenvalue weighted by atomic mass is 19.4. The first kappa shape index (κ1) is 18.2. The number of carbonyl (C=O) groups is 1. The summed E-state index contributed by atoms with van der Waals surface area (Å²) in [5.74, 6) is 0.0532. The normalized spacial score (nSPS) is 24.0. The Morgan fingerprint density at radius 1 is 1.38 bits per heavy atom. The first-order valence-electron chi connectivity index (χ1n) is 7.18. The lowest BCUT2D eigenvalue weighted by Gasteiger charge is -2.38. The van der Waals surface area contributed by atoms with E-state index in [9.17, 15) is 18.0 Å². The Hall–Kier alpha value is -0.860. The fourth-order valence-electron chi connectivity index (χ4n) is 2.68. The van der Waals surface area contributed by atoms with Crippen LogP contribution in [0.25, 0.3) is 0 Å². The first-order valence-corrected chi connectivity index (χ1v) is 7.18. The number of halogens is 3. The number of nitrogens with zero attached hydrogens (tertiary/aromatic N) is 1. The molecule has 0 spiro atoms. The summed E-state index contributed by atoms with van der Waals surface area (Å²) in [5, 5.41) is 14.2. The lowest BCUT2D eigenvalue weighted by Crippen LogP contribution is -2.52. The van der Waals surface area contributed by atoms with Gasteiger partial charge >= 0.3 is 6.18 Å². The molecule has 0 aliphatic carbocycles. The van der Waals surface area contributed by atoms with Crippen LogP contribution in [0.3, 0.4) is 0 Å². The second-order valence-corrected chi connectivity index (χ2v) is 5.55. The van der Waals surface area contributed by atoms with Crippen molar-refractivity contribution in [3.63, 3.8) is 0 Å². The van der Waals surface area contributed by atoms with Gasteiger partial charge in [-0.15, -0.1) is 0 Å². The highest BCUT2D eigenvalue weighted by Crippen LogP contribution is 2.21. The maximum atomic E-state index is 12.3. The molecule has 0 radical (unpaired) electrons. The summed E-state index contributed by atoms with van der Waals surface area (Å²) < 4.78 is 36.8. The number of carbonyl (C=O) groups excluding carboxylic acids is 1. The van der Waals surface area contributed by atoms with Crippen LogP contribution in [0.4, 0.5) is 13.2 Å². The second kappa shape index (κ2) is 8.55. The van der Waals surface area contributed by atoms with Crippen molar-refractivity contribution in [3.05, 3.63) is 0 Å². The van der Waals surface area contributed by atoms with Crippen molar-refractivity contribution in [2.45, 2.75) is 32.0 Å². The topological polar surface area (TPSA) is 64.6 Å². The average Bonchev–Trinajstić information content (AvgIpc) is 2.35. The van der Waals surface area contributed by atoms with Crippen molar-refractivity contribution < 1.29 is 23.1 Å². The monoisotopic (exact) mass is 311 g/mol. The molecule has 1 rings (SSSR count). The van der Waals surface area contributed by atoms with Crippen LogP contribution >= 0.6 is 0 Å². The summed E-state index contributed by atoms with van der Waals surface area (Å²) in [5.41, 5.74) is 0. The maximum absolute atomic E-state index is 12.3. The molecule has 1 heterocycles. The Bertz CT molecular complexity index is 326. The zero-order valence-corrected chi connectivity index (χ0v) is 12.2. The van der Waals surface area contributed by atoms with Crippen LogP contribution in [0.2, 0.25) is 0 Å². The third kappa shape index (κ3) is 8.23. The molecule has 2 atom stereocenters. The van der Waals surface area contributed by atoms with E-state index in [4.69, 9.17) is 5.11 Å². The maximum Gasteiger partial charge on any atom is 0.401 e. The lowest BCUT2D eigenvalue weighted by atomic mass is 9.91. The van der Waals surface area contributed by atoms with E-state index in [2.05, 4.69) is 10.6 Å². The number of rotatable bonds is 7. The van der Waals surface area contributed by atoms with Crippen LogP contribution in [-0.2, 0) is 4.79 Å². The summed E-state index contributed by atoms with van der Waals surface area (Å²) in [7, 11) is 0. The smallest absolute Gasteiger partial charge is 0.396 e. The molecule has 3 N–H and O–H groups in total. The Balaban J connectivity index is 2.45. The van der Waals surface area contributed by atoms with E-state index in [1.165, 1.54) is 6.92 Å². The predicted octanol–water partition coefficient (Wildman–Crippen LogP) is 0.347. The molecule has 0 aromatic rings. The van der Waals surface area contributed by atoms with Gasteiger partial charge in [0, 0.05) is 45.8 Å². The minimum Gasteiger partial charge on any atom is -0.396 e. The number of piperidine rings is 1. The highest BCUT2D eigenvalue weighted by molar-refractivity contribution is 5.72. The van der Waals surface area contributed by atoms with Crippen LogP contribution < -0.4 is 10.6 Å². The van der Waals surface area contributed by atoms with E-state index in [0.717, 1.165) is 6.54 Å². The number of alkyl halides is 3. The van der Waals surface area contributed by atoms with Gasteiger partial charge in [-0.3, -0.25) is 9.69 Å². The Kier molecular flexibility index (Phi) is 7.41. The van der Waals surface area contributed by atoms with Crippen LogP contribution in [0.5, 0.6) is 0 Å². The standard InChI is InChI=1S/C13H24F3N3O2/c1-10(21)17-3-4-19-7-11(2-5-20)6-12(8-19)18-9-13(14,15)16/h11-12,18,20H,2-9H2,1H3,(H,17,21). The van der Waals surface area contributed by atoms with E-state index in [1.54, 1.807) is 0 Å². The second-order valence-electron chi connectivity index (χ2n) is 5.55. The summed E-state index contributed by atoms with van der Waals surface area (Å²) in [6.45, 7) is 2.82. The average molecular weight is 311 g/mol. The molecule has 8 heteroatoms. The zero-order chi connectivity index (χ0) is 15.9. The van der Waals surface area contributed by atoms with Gasteiger partial charge in [0.15, 0.2) is 0 Å². The molecule has 1 amide bonds. The van der Waals surface area contributed by atoms with Crippen molar-refractivity contribution >= 4 is 5.91 Å². The van der Waals surface area contributed by atoms with Gasteiger partial charge < -0.3 is 15.7 Å². The minimum atomic E-state index is -4.22. The van der Waals surface area contributed by atoms with E-state index in [1.807, 2.05) is 4.90 Å². The van der Waals surface area contributed by atoms with Crippen molar-refractivity contribution in [2.75, 3.05) is 39.3 Å².